The van der Waals surface area contributed by atoms with E-state index < -0.39 is 5.97 Å². The second-order valence-corrected chi connectivity index (χ2v) is 5.93. The monoisotopic (exact) mass is 309 g/mol. The number of carboxylic acid groups (broad SMARTS) is 1. The Morgan fingerprint density at radius 2 is 1.70 bits per heavy atom. The largest absolute Gasteiger partial charge is 0.478 e. The van der Waals surface area contributed by atoms with Crippen LogP contribution in [0.2, 0.25) is 0 Å². The molecule has 1 saturated carbocycles. The first-order chi connectivity index (χ1) is 11.1. The average Bonchev–Trinajstić information content (AvgIpc) is 3.38. The van der Waals surface area contributed by atoms with Crippen LogP contribution in [-0.2, 0) is 11.2 Å². The first-order valence-corrected chi connectivity index (χ1v) is 7.80. The normalized spacial score (nSPS) is 15.0. The van der Waals surface area contributed by atoms with Crippen molar-refractivity contribution in [1.29, 1.82) is 0 Å². The molecule has 1 amide bonds. The first-order valence-electron chi connectivity index (χ1n) is 7.80. The highest BCUT2D eigenvalue weighted by Gasteiger charge is 2.33. The fraction of sp³-hybridized carbons (Fsp3) is 0.263. The summed E-state index contributed by atoms with van der Waals surface area (Å²) in [7, 11) is 0. The quantitative estimate of drug-likeness (QED) is 0.861. The summed E-state index contributed by atoms with van der Waals surface area (Å²) in [5, 5.41) is 12.3. The van der Waals surface area contributed by atoms with Crippen molar-refractivity contribution in [3.8, 4) is 0 Å². The van der Waals surface area contributed by atoms with Crippen molar-refractivity contribution < 1.29 is 14.7 Å². The van der Waals surface area contributed by atoms with E-state index >= 15 is 0 Å². The van der Waals surface area contributed by atoms with Gasteiger partial charge < -0.3 is 10.4 Å². The third-order valence-electron chi connectivity index (χ3n) is 4.17. The molecule has 2 aromatic carbocycles. The van der Waals surface area contributed by atoms with E-state index in [0.717, 1.165) is 18.4 Å². The minimum Gasteiger partial charge on any atom is -0.478 e. The predicted molar refractivity (Wildman–Crippen MR) is 87.2 cm³/mol. The molecule has 0 radical (unpaired) electrons. The van der Waals surface area contributed by atoms with Crippen LogP contribution >= 0.6 is 0 Å². The van der Waals surface area contributed by atoms with Gasteiger partial charge in [0.2, 0.25) is 5.91 Å². The van der Waals surface area contributed by atoms with Crippen molar-refractivity contribution in [2.24, 2.45) is 5.92 Å². The molecule has 0 aromatic heterocycles. The topological polar surface area (TPSA) is 66.4 Å². The molecule has 118 valence electrons. The third-order valence-corrected chi connectivity index (χ3v) is 4.17. The molecule has 0 heterocycles. The Bertz CT molecular complexity index is 708. The van der Waals surface area contributed by atoms with Gasteiger partial charge >= 0.3 is 5.97 Å². The van der Waals surface area contributed by atoms with Crippen molar-refractivity contribution in [2.75, 3.05) is 0 Å². The molecule has 1 aliphatic rings. The number of rotatable bonds is 6. The van der Waals surface area contributed by atoms with Gasteiger partial charge in [0.05, 0.1) is 18.0 Å². The van der Waals surface area contributed by atoms with Gasteiger partial charge in [0, 0.05) is 0 Å². The van der Waals surface area contributed by atoms with Crippen molar-refractivity contribution in [2.45, 2.75) is 25.3 Å². The van der Waals surface area contributed by atoms with Crippen LogP contribution in [0.4, 0.5) is 0 Å². The Morgan fingerprint density at radius 3 is 2.35 bits per heavy atom. The number of amides is 1. The summed E-state index contributed by atoms with van der Waals surface area (Å²) in [4.78, 5) is 23.6. The standard InChI is InChI=1S/C19H19NO3/c21-17(12-15-8-4-5-9-16(15)19(22)23)20-18(14-10-11-14)13-6-2-1-3-7-13/h1-9,14,18H,10-12H2,(H,20,21)(H,22,23). The lowest BCUT2D eigenvalue weighted by atomic mass is 10.0. The van der Waals surface area contributed by atoms with Crippen LogP contribution in [0, 0.1) is 5.92 Å². The lowest BCUT2D eigenvalue weighted by molar-refractivity contribution is -0.121. The molecule has 0 aliphatic heterocycles. The van der Waals surface area contributed by atoms with Gasteiger partial charge in [-0.2, -0.15) is 0 Å². The number of nitrogens with one attached hydrogen (secondary N) is 1. The van der Waals surface area contributed by atoms with Crippen LogP contribution in [0.1, 0.15) is 40.4 Å². The molecule has 3 rings (SSSR count). The third kappa shape index (κ3) is 3.77. The van der Waals surface area contributed by atoms with E-state index in [4.69, 9.17) is 0 Å². The van der Waals surface area contributed by atoms with E-state index in [1.54, 1.807) is 18.2 Å². The highest BCUT2D eigenvalue weighted by atomic mass is 16.4. The van der Waals surface area contributed by atoms with Crippen molar-refractivity contribution in [1.82, 2.24) is 5.32 Å². The molecular formula is C19H19NO3. The van der Waals surface area contributed by atoms with Crippen LogP contribution in [0.15, 0.2) is 54.6 Å². The van der Waals surface area contributed by atoms with Crippen molar-refractivity contribution in [3.63, 3.8) is 0 Å². The fourth-order valence-electron chi connectivity index (χ4n) is 2.84. The van der Waals surface area contributed by atoms with Gasteiger partial charge in [-0.1, -0.05) is 48.5 Å². The summed E-state index contributed by atoms with van der Waals surface area (Å²) in [6, 6.07) is 16.6. The SMILES string of the molecule is O=C(Cc1ccccc1C(=O)O)NC(c1ccccc1)C1CC1. The molecular weight excluding hydrogens is 290 g/mol. The van der Waals surface area contributed by atoms with E-state index in [1.807, 2.05) is 30.3 Å². The summed E-state index contributed by atoms with van der Waals surface area (Å²) < 4.78 is 0. The van der Waals surface area contributed by atoms with Crippen LogP contribution in [0.25, 0.3) is 0 Å². The number of carboxylic acids is 1. The van der Waals surface area contributed by atoms with Gasteiger partial charge in [-0.05, 0) is 36.0 Å². The molecule has 0 bridgehead atoms. The van der Waals surface area contributed by atoms with Gasteiger partial charge in [-0.3, -0.25) is 4.79 Å². The van der Waals surface area contributed by atoms with Gasteiger partial charge in [0.15, 0.2) is 0 Å². The highest BCUT2D eigenvalue weighted by Crippen LogP contribution is 2.40. The summed E-state index contributed by atoms with van der Waals surface area (Å²) in [6.45, 7) is 0. The summed E-state index contributed by atoms with van der Waals surface area (Å²) in [6.07, 6.45) is 2.32. The maximum absolute atomic E-state index is 12.4. The van der Waals surface area contributed by atoms with E-state index in [0.29, 0.717) is 11.5 Å². The maximum Gasteiger partial charge on any atom is 0.335 e. The van der Waals surface area contributed by atoms with Gasteiger partial charge in [-0.15, -0.1) is 0 Å². The van der Waals surface area contributed by atoms with Crippen LogP contribution in [0.3, 0.4) is 0 Å². The van der Waals surface area contributed by atoms with Gasteiger partial charge in [-0.25, -0.2) is 4.79 Å². The smallest absolute Gasteiger partial charge is 0.335 e. The van der Waals surface area contributed by atoms with Crippen LogP contribution in [0.5, 0.6) is 0 Å². The lowest BCUT2D eigenvalue weighted by Crippen LogP contribution is -2.31. The summed E-state index contributed by atoms with van der Waals surface area (Å²) >= 11 is 0. The Labute approximate surface area is 135 Å². The molecule has 0 saturated heterocycles. The summed E-state index contributed by atoms with van der Waals surface area (Å²) in [5.41, 5.74) is 1.83. The number of carbonyl (C=O) groups excluding carboxylic acids is 1. The molecule has 4 nitrogen and oxygen atoms in total. The van der Waals surface area contributed by atoms with Gasteiger partial charge in [0.1, 0.15) is 0 Å². The number of hydrogen-bond acceptors (Lipinski definition) is 2. The molecule has 1 unspecified atom stereocenters. The molecule has 1 fully saturated rings. The summed E-state index contributed by atoms with van der Waals surface area (Å²) in [5.74, 6) is -0.661. The Hall–Kier alpha value is -2.62. The molecule has 2 aromatic rings. The molecule has 4 heteroatoms. The fourth-order valence-corrected chi connectivity index (χ4v) is 2.84. The number of benzene rings is 2. The van der Waals surface area contributed by atoms with Crippen LogP contribution in [-0.4, -0.2) is 17.0 Å². The molecule has 1 aliphatic carbocycles. The molecule has 0 spiro atoms. The highest BCUT2D eigenvalue weighted by molar-refractivity contribution is 5.91. The van der Waals surface area contributed by atoms with Crippen molar-refractivity contribution >= 4 is 11.9 Å². The lowest BCUT2D eigenvalue weighted by Gasteiger charge is -2.19. The zero-order valence-corrected chi connectivity index (χ0v) is 12.7. The van der Waals surface area contributed by atoms with Gasteiger partial charge in [0.25, 0.3) is 0 Å². The van der Waals surface area contributed by atoms with E-state index in [9.17, 15) is 14.7 Å². The number of hydrogen-bond donors (Lipinski definition) is 2. The van der Waals surface area contributed by atoms with Crippen LogP contribution < -0.4 is 5.32 Å². The van der Waals surface area contributed by atoms with E-state index in [-0.39, 0.29) is 23.9 Å². The second kappa shape index (κ2) is 6.65. The zero-order chi connectivity index (χ0) is 16.2. The minimum absolute atomic E-state index is 0.0145. The van der Waals surface area contributed by atoms with Crippen molar-refractivity contribution in [3.05, 3.63) is 71.3 Å². The maximum atomic E-state index is 12.4. The Morgan fingerprint density at radius 1 is 1.04 bits per heavy atom. The first kappa shape index (κ1) is 15.3. The Balaban J connectivity index is 1.72. The average molecular weight is 309 g/mol. The van der Waals surface area contributed by atoms with E-state index in [1.165, 1.54) is 6.07 Å². The zero-order valence-electron chi connectivity index (χ0n) is 12.7. The predicted octanol–water partition coefficient (Wildman–Crippen LogP) is 3.19. The minimum atomic E-state index is -1.00. The molecule has 23 heavy (non-hydrogen) atoms. The molecule has 2 N–H and O–H groups in total. The Kier molecular flexibility index (Phi) is 4.42. The second-order valence-electron chi connectivity index (χ2n) is 5.93. The molecule has 1 atom stereocenters. The van der Waals surface area contributed by atoms with E-state index in [2.05, 4.69) is 5.32 Å². The number of carbonyl (C=O) groups is 2. The number of aromatic carboxylic acids is 1.